The second-order valence-electron chi connectivity index (χ2n) is 8.65. The Hall–Kier alpha value is -2.21. The van der Waals surface area contributed by atoms with Gasteiger partial charge in [0.2, 0.25) is 0 Å². The largest absolute Gasteiger partial charge is 0.352 e. The molecule has 1 saturated heterocycles. The molecule has 3 heterocycles. The van der Waals surface area contributed by atoms with Gasteiger partial charge in [0.05, 0.1) is 10.9 Å². The second-order valence-corrected chi connectivity index (χ2v) is 8.65. The van der Waals surface area contributed by atoms with E-state index in [1.165, 1.54) is 19.3 Å². The maximum absolute atomic E-state index is 12.7. The molecule has 1 fully saturated rings. The van der Waals surface area contributed by atoms with E-state index in [0.29, 0.717) is 35.1 Å². The molecule has 0 unspecified atom stereocenters. The number of carbonyl (C=O) groups is 1. The Morgan fingerprint density at radius 1 is 1.17 bits per heavy atom. The first-order valence-corrected chi connectivity index (χ1v) is 11.1. The van der Waals surface area contributed by atoms with E-state index in [0.717, 1.165) is 44.6 Å². The van der Waals surface area contributed by atoms with Gasteiger partial charge in [-0.3, -0.25) is 19.1 Å². The molecule has 29 heavy (non-hydrogen) atoms. The van der Waals surface area contributed by atoms with Gasteiger partial charge in [-0.05, 0) is 64.2 Å². The van der Waals surface area contributed by atoms with E-state index in [2.05, 4.69) is 29.0 Å². The lowest BCUT2D eigenvalue weighted by Crippen LogP contribution is -2.44. The highest BCUT2D eigenvalue weighted by atomic mass is 16.1. The molecular weight excluding hydrogens is 364 g/mol. The molecule has 2 atom stereocenters. The third-order valence-corrected chi connectivity index (χ3v) is 6.58. The molecule has 0 radical (unpaired) electrons. The molecule has 2 aromatic rings. The fraction of sp³-hybridized carbons (Fsp3) is 0.609. The van der Waals surface area contributed by atoms with Crippen molar-refractivity contribution in [2.24, 2.45) is 0 Å². The number of hydrogen-bond acceptors (Lipinski definition) is 4. The van der Waals surface area contributed by atoms with Crippen molar-refractivity contribution in [3.05, 3.63) is 39.9 Å². The van der Waals surface area contributed by atoms with Crippen LogP contribution in [0.5, 0.6) is 0 Å². The molecule has 2 aliphatic heterocycles. The molecular formula is C23H32N4O2. The molecule has 156 valence electrons. The first kappa shape index (κ1) is 20.1. The highest BCUT2D eigenvalue weighted by Gasteiger charge is 2.23. The molecule has 6 nitrogen and oxygen atoms in total. The summed E-state index contributed by atoms with van der Waals surface area (Å²) in [6.07, 6.45) is 7.71. The first-order chi connectivity index (χ1) is 14.0. The van der Waals surface area contributed by atoms with Crippen LogP contribution in [0.4, 0.5) is 0 Å². The minimum atomic E-state index is -0.0914. The zero-order valence-electron chi connectivity index (χ0n) is 17.6. The molecule has 0 saturated carbocycles. The van der Waals surface area contributed by atoms with E-state index < -0.39 is 0 Å². The Labute approximate surface area is 172 Å². The number of rotatable bonds is 5. The van der Waals surface area contributed by atoms with E-state index in [1.54, 1.807) is 22.8 Å². The van der Waals surface area contributed by atoms with Crippen LogP contribution in [0.3, 0.4) is 0 Å². The third-order valence-electron chi connectivity index (χ3n) is 6.58. The Morgan fingerprint density at radius 2 is 1.97 bits per heavy atom. The molecule has 0 spiro atoms. The molecule has 1 aromatic heterocycles. The van der Waals surface area contributed by atoms with Crippen LogP contribution in [0.1, 0.15) is 68.6 Å². The summed E-state index contributed by atoms with van der Waals surface area (Å²) >= 11 is 0. The first-order valence-electron chi connectivity index (χ1n) is 11.1. The van der Waals surface area contributed by atoms with Crippen molar-refractivity contribution >= 4 is 16.8 Å². The van der Waals surface area contributed by atoms with Gasteiger partial charge < -0.3 is 5.32 Å². The molecule has 2 aliphatic rings. The predicted octanol–water partition coefficient (Wildman–Crippen LogP) is 3.12. The van der Waals surface area contributed by atoms with Crippen LogP contribution < -0.4 is 10.9 Å². The Morgan fingerprint density at radius 3 is 2.76 bits per heavy atom. The standard InChI is InChI=1S/C23H32N4O2/c1-16-7-5-8-17(2)26(16)14-6-12-24-22(28)18-10-11-19-20(15-18)25-21-9-3-4-13-27(21)23(19)29/h10-11,15-17H,3-9,12-14H2,1-2H3,(H,24,28)/t16-,17+. The lowest BCUT2D eigenvalue weighted by Gasteiger charge is -2.39. The summed E-state index contributed by atoms with van der Waals surface area (Å²) in [6.45, 7) is 7.03. The molecule has 1 N–H and O–H groups in total. The van der Waals surface area contributed by atoms with Gasteiger partial charge in [-0.2, -0.15) is 0 Å². The SMILES string of the molecule is C[C@@H]1CCC[C@H](C)N1CCCNC(=O)c1ccc2c(=O)n3c(nc2c1)CCCC3. The number of aromatic nitrogens is 2. The van der Waals surface area contributed by atoms with Crippen molar-refractivity contribution in [1.82, 2.24) is 19.8 Å². The minimum Gasteiger partial charge on any atom is -0.352 e. The third kappa shape index (κ3) is 4.22. The van der Waals surface area contributed by atoms with Crippen LogP contribution in [-0.2, 0) is 13.0 Å². The number of likely N-dealkylation sites (tertiary alicyclic amines) is 1. The van der Waals surface area contributed by atoms with E-state index in [4.69, 9.17) is 0 Å². The van der Waals surface area contributed by atoms with Gasteiger partial charge >= 0.3 is 0 Å². The maximum atomic E-state index is 12.7. The number of nitrogens with one attached hydrogen (secondary N) is 1. The lowest BCUT2D eigenvalue weighted by molar-refractivity contribution is 0.0925. The quantitative estimate of drug-likeness (QED) is 0.789. The van der Waals surface area contributed by atoms with Crippen molar-refractivity contribution in [2.45, 2.75) is 77.4 Å². The fourth-order valence-corrected chi connectivity index (χ4v) is 4.86. The van der Waals surface area contributed by atoms with Gasteiger partial charge in [0.15, 0.2) is 0 Å². The molecule has 0 bridgehead atoms. The minimum absolute atomic E-state index is 0.0152. The van der Waals surface area contributed by atoms with E-state index in [-0.39, 0.29) is 11.5 Å². The van der Waals surface area contributed by atoms with Gasteiger partial charge in [0, 0.05) is 43.7 Å². The van der Waals surface area contributed by atoms with Crippen LogP contribution in [-0.4, -0.2) is 45.5 Å². The maximum Gasteiger partial charge on any atom is 0.261 e. The Balaban J connectivity index is 1.39. The number of aryl methyl sites for hydroxylation is 1. The zero-order chi connectivity index (χ0) is 20.4. The van der Waals surface area contributed by atoms with Gasteiger partial charge in [-0.25, -0.2) is 4.98 Å². The molecule has 6 heteroatoms. The molecule has 1 aromatic carbocycles. The van der Waals surface area contributed by atoms with Gasteiger partial charge in [-0.1, -0.05) is 6.42 Å². The monoisotopic (exact) mass is 396 g/mol. The number of nitrogens with zero attached hydrogens (tertiary/aromatic N) is 3. The normalized spacial score (nSPS) is 22.4. The number of hydrogen-bond donors (Lipinski definition) is 1. The predicted molar refractivity (Wildman–Crippen MR) is 115 cm³/mol. The van der Waals surface area contributed by atoms with Gasteiger partial charge in [0.1, 0.15) is 5.82 Å². The van der Waals surface area contributed by atoms with Crippen LogP contribution >= 0.6 is 0 Å². The average molecular weight is 397 g/mol. The van der Waals surface area contributed by atoms with Crippen LogP contribution in [0, 0.1) is 0 Å². The summed E-state index contributed by atoms with van der Waals surface area (Å²) in [5.41, 5.74) is 1.22. The van der Waals surface area contributed by atoms with Crippen molar-refractivity contribution in [3.63, 3.8) is 0 Å². The Bertz CT molecular complexity index is 942. The number of carbonyl (C=O) groups excluding carboxylic acids is 1. The Kier molecular flexibility index (Phi) is 5.99. The highest BCUT2D eigenvalue weighted by Crippen LogP contribution is 2.22. The second kappa shape index (κ2) is 8.66. The topological polar surface area (TPSA) is 67.2 Å². The van der Waals surface area contributed by atoms with Crippen LogP contribution in [0.25, 0.3) is 10.9 Å². The van der Waals surface area contributed by atoms with E-state index in [9.17, 15) is 9.59 Å². The lowest BCUT2D eigenvalue weighted by atomic mass is 9.97. The summed E-state index contributed by atoms with van der Waals surface area (Å²) in [5.74, 6) is 0.752. The van der Waals surface area contributed by atoms with Crippen molar-refractivity contribution in [2.75, 3.05) is 13.1 Å². The van der Waals surface area contributed by atoms with Gasteiger partial charge in [-0.15, -0.1) is 0 Å². The summed E-state index contributed by atoms with van der Waals surface area (Å²) in [6, 6.07) is 6.51. The average Bonchev–Trinajstić information content (AvgIpc) is 2.72. The van der Waals surface area contributed by atoms with E-state index >= 15 is 0 Å². The fourth-order valence-electron chi connectivity index (χ4n) is 4.86. The number of fused-ring (bicyclic) bond motifs is 2. The number of amides is 1. The molecule has 4 rings (SSSR count). The van der Waals surface area contributed by atoms with Crippen molar-refractivity contribution < 1.29 is 4.79 Å². The summed E-state index contributed by atoms with van der Waals surface area (Å²) < 4.78 is 1.79. The van der Waals surface area contributed by atoms with Crippen LogP contribution in [0.2, 0.25) is 0 Å². The molecule has 1 amide bonds. The molecule has 0 aliphatic carbocycles. The van der Waals surface area contributed by atoms with Crippen molar-refractivity contribution in [1.29, 1.82) is 0 Å². The van der Waals surface area contributed by atoms with Gasteiger partial charge in [0.25, 0.3) is 11.5 Å². The van der Waals surface area contributed by atoms with E-state index in [1.807, 2.05) is 0 Å². The van der Waals surface area contributed by atoms with Crippen LogP contribution in [0.15, 0.2) is 23.0 Å². The summed E-state index contributed by atoms with van der Waals surface area (Å²) in [4.78, 5) is 32.5. The highest BCUT2D eigenvalue weighted by molar-refractivity contribution is 5.97. The summed E-state index contributed by atoms with van der Waals surface area (Å²) in [7, 11) is 0. The number of benzene rings is 1. The number of piperidine rings is 1. The summed E-state index contributed by atoms with van der Waals surface area (Å²) in [5, 5.41) is 3.63. The van der Waals surface area contributed by atoms with Crippen molar-refractivity contribution in [3.8, 4) is 0 Å². The zero-order valence-corrected chi connectivity index (χ0v) is 17.6. The smallest absolute Gasteiger partial charge is 0.261 e.